The number of aliphatic hydroxyl groups is 1. The van der Waals surface area contributed by atoms with Gasteiger partial charge in [0.2, 0.25) is 59.1 Å². The fraction of sp³-hybridized carbons (Fsp3) is 0.592. The third-order valence-electron chi connectivity index (χ3n) is 11.9. The van der Waals surface area contributed by atoms with Crippen LogP contribution in [-0.4, -0.2) is 159 Å². The lowest BCUT2D eigenvalue weighted by Crippen LogP contribution is -2.62. The van der Waals surface area contributed by atoms with E-state index in [0.29, 0.717) is 16.5 Å². The number of carboxylic acids is 2. The number of aromatic amines is 1. The highest BCUT2D eigenvalue weighted by Gasteiger charge is 2.37. The molecular weight excluding hydrogens is 997 g/mol. The molecule has 27 heteroatoms. The summed E-state index contributed by atoms with van der Waals surface area (Å²) < 4.78 is 0. The van der Waals surface area contributed by atoms with E-state index in [0.717, 1.165) is 0 Å². The molecule has 0 spiro atoms. The third kappa shape index (κ3) is 20.9. The van der Waals surface area contributed by atoms with Crippen molar-refractivity contribution >= 4 is 81.9 Å². The Morgan fingerprint density at radius 2 is 1.04 bits per heavy atom. The topological polar surface area (TPSA) is 442 Å². The SMILES string of the molecule is CC(C)C[C@H](NC(=O)[C@@H](NC(=O)[C@H](CC(N)=O)NC(=O)[C@H](Cc1c[nH]c2ccccc12)NC(=O)[C@H](CO)NC(=O)[C@H](CCC(=O)O)NC(=O)[C@@H](N)C(C)C)C(C)C)C(=O)N[C@H](C(=O)N[C@@H](C)C(=O)NCC(=O)O)C(C)C. The Morgan fingerprint density at radius 3 is 1.57 bits per heavy atom. The Morgan fingerprint density at radius 1 is 0.553 bits per heavy atom. The maximum absolute atomic E-state index is 14.3. The fourth-order valence-electron chi connectivity index (χ4n) is 7.49. The van der Waals surface area contributed by atoms with Crippen molar-refractivity contribution in [2.45, 2.75) is 149 Å². The van der Waals surface area contributed by atoms with Gasteiger partial charge in [0.15, 0.2) is 0 Å². The summed E-state index contributed by atoms with van der Waals surface area (Å²) in [5.74, 6) is -13.9. The number of benzene rings is 1. The van der Waals surface area contributed by atoms with Crippen LogP contribution in [0.2, 0.25) is 0 Å². The highest BCUT2D eigenvalue weighted by molar-refractivity contribution is 6.00. The molecule has 10 amide bonds. The molecule has 0 aliphatic heterocycles. The largest absolute Gasteiger partial charge is 0.481 e. The van der Waals surface area contributed by atoms with Crippen LogP contribution in [0, 0.1) is 23.7 Å². The van der Waals surface area contributed by atoms with Gasteiger partial charge in [0.05, 0.1) is 19.1 Å². The number of nitrogens with two attached hydrogens (primary N) is 2. The van der Waals surface area contributed by atoms with Crippen LogP contribution in [0.25, 0.3) is 10.9 Å². The van der Waals surface area contributed by atoms with Crippen LogP contribution in [0.15, 0.2) is 30.5 Å². The van der Waals surface area contributed by atoms with Gasteiger partial charge in [-0.3, -0.25) is 57.5 Å². The van der Waals surface area contributed by atoms with Crippen molar-refractivity contribution in [3.63, 3.8) is 0 Å². The molecule has 1 aromatic carbocycles. The molecule has 0 saturated carbocycles. The highest BCUT2D eigenvalue weighted by atomic mass is 16.4. The maximum Gasteiger partial charge on any atom is 0.322 e. The minimum Gasteiger partial charge on any atom is -0.481 e. The number of nitrogens with one attached hydrogen (secondary N) is 10. The van der Waals surface area contributed by atoms with Crippen LogP contribution in [0.4, 0.5) is 0 Å². The Hall–Kier alpha value is -7.68. The summed E-state index contributed by atoms with van der Waals surface area (Å²) in [5.41, 5.74) is 12.6. The zero-order valence-corrected chi connectivity index (χ0v) is 44.2. The van der Waals surface area contributed by atoms with E-state index < -0.39 is 170 Å². The molecule has 0 unspecified atom stereocenters. The molecule has 17 N–H and O–H groups in total. The standard InChI is InChI=1S/C49H76N12O15/c1-22(2)16-31(44(71)60-39(24(5)6)48(75)54-26(9)41(68)53-20-37(66)67)58-49(76)40(25(7)8)61-45(72)33(18-35(50)63)57-43(70)32(17-27-19-52-29-13-11-10-12-28(27)29)56-46(73)34(21-62)59-42(69)30(14-15-36(64)65)55-47(74)38(51)23(3)4/h10-13,19,22-26,30-34,38-40,52,62H,14-18,20-21,51H2,1-9H3,(H2,50,63)(H,53,68)(H,54,75)(H,55,74)(H,56,73)(H,57,70)(H,58,76)(H,59,69)(H,60,71)(H,61,72)(H,64,65)(H,66,67)/t26-,30-,31-,32-,33-,34-,38-,39-,40-/m0/s1. The van der Waals surface area contributed by atoms with Crippen LogP contribution in [0.1, 0.15) is 93.6 Å². The number of amides is 10. The molecule has 9 atom stereocenters. The number of primary amides is 1. The van der Waals surface area contributed by atoms with Crippen molar-refractivity contribution in [1.29, 1.82) is 0 Å². The second-order valence-corrected chi connectivity index (χ2v) is 19.9. The zero-order valence-electron chi connectivity index (χ0n) is 44.2. The lowest BCUT2D eigenvalue weighted by molar-refractivity contribution is -0.139. The number of para-hydroxylation sites is 1. The Labute approximate surface area is 439 Å². The zero-order chi connectivity index (χ0) is 57.7. The maximum atomic E-state index is 14.3. The molecule has 0 radical (unpaired) electrons. The second-order valence-electron chi connectivity index (χ2n) is 19.9. The minimum atomic E-state index is -1.80. The normalized spacial score (nSPS) is 14.9. The number of H-pyrrole nitrogens is 1. The summed E-state index contributed by atoms with van der Waals surface area (Å²) in [6.45, 7) is 12.7. The molecular formula is C49H76N12O15. The smallest absolute Gasteiger partial charge is 0.322 e. The Balaban J connectivity index is 2.44. The van der Waals surface area contributed by atoms with Gasteiger partial charge in [0.25, 0.3) is 0 Å². The molecule has 0 saturated heterocycles. The summed E-state index contributed by atoms with van der Waals surface area (Å²) in [6.07, 6.45) is -0.536. The van der Waals surface area contributed by atoms with Crippen LogP contribution in [0.3, 0.4) is 0 Å². The van der Waals surface area contributed by atoms with Crippen molar-refractivity contribution in [2.75, 3.05) is 13.2 Å². The van der Waals surface area contributed by atoms with E-state index in [-0.39, 0.29) is 24.7 Å². The van der Waals surface area contributed by atoms with Crippen LogP contribution < -0.4 is 59.3 Å². The summed E-state index contributed by atoms with van der Waals surface area (Å²) in [5, 5.41) is 51.0. The minimum absolute atomic E-state index is 0.0380. The van der Waals surface area contributed by atoms with Crippen LogP contribution >= 0.6 is 0 Å². The van der Waals surface area contributed by atoms with Gasteiger partial charge in [0, 0.05) is 29.9 Å². The second kappa shape index (κ2) is 30.6. The number of aliphatic carboxylic acids is 2. The molecule has 2 rings (SSSR count). The van der Waals surface area contributed by atoms with E-state index in [2.05, 4.69) is 52.8 Å². The number of rotatable bonds is 32. The summed E-state index contributed by atoms with van der Waals surface area (Å²) >= 11 is 0. The molecule has 0 aliphatic rings. The molecule has 76 heavy (non-hydrogen) atoms. The number of hydrogen-bond acceptors (Lipinski definition) is 14. The van der Waals surface area contributed by atoms with Gasteiger partial charge in [-0.2, -0.15) is 0 Å². The Kier molecular flexibility index (Phi) is 26.0. The number of carboxylic acid groups (broad SMARTS) is 2. The van der Waals surface area contributed by atoms with Crippen molar-refractivity contribution in [3.8, 4) is 0 Å². The van der Waals surface area contributed by atoms with Crippen LogP contribution in [-0.2, 0) is 64.0 Å². The van der Waals surface area contributed by atoms with E-state index in [9.17, 15) is 67.7 Å². The molecule has 0 fully saturated rings. The predicted octanol–water partition coefficient (Wildman–Crippen LogP) is -3.12. The first-order valence-corrected chi connectivity index (χ1v) is 24.8. The van der Waals surface area contributed by atoms with Gasteiger partial charge < -0.3 is 79.6 Å². The van der Waals surface area contributed by atoms with Crippen LogP contribution in [0.5, 0.6) is 0 Å². The first kappa shape index (κ1) is 64.4. The average Bonchev–Trinajstić information content (AvgIpc) is 3.74. The fourth-order valence-corrected chi connectivity index (χ4v) is 7.49. The molecule has 0 bridgehead atoms. The van der Waals surface area contributed by atoms with Crippen molar-refractivity contribution in [3.05, 3.63) is 36.0 Å². The third-order valence-corrected chi connectivity index (χ3v) is 11.9. The van der Waals surface area contributed by atoms with E-state index in [1.807, 2.05) is 0 Å². The van der Waals surface area contributed by atoms with E-state index >= 15 is 0 Å². The number of aliphatic hydroxyl groups excluding tert-OH is 1. The van der Waals surface area contributed by atoms with E-state index in [4.69, 9.17) is 16.6 Å². The lowest BCUT2D eigenvalue weighted by atomic mass is 9.98. The van der Waals surface area contributed by atoms with Gasteiger partial charge in [0.1, 0.15) is 54.9 Å². The monoisotopic (exact) mass is 1070 g/mol. The lowest BCUT2D eigenvalue weighted by Gasteiger charge is -2.30. The Bertz CT molecular complexity index is 2410. The summed E-state index contributed by atoms with van der Waals surface area (Å²) in [7, 11) is 0. The first-order valence-electron chi connectivity index (χ1n) is 24.8. The first-order chi connectivity index (χ1) is 35.5. The molecule has 0 aliphatic carbocycles. The predicted molar refractivity (Wildman–Crippen MR) is 273 cm³/mol. The number of hydrogen-bond donors (Lipinski definition) is 15. The van der Waals surface area contributed by atoms with Gasteiger partial charge in [-0.25, -0.2) is 0 Å². The molecule has 422 valence electrons. The summed E-state index contributed by atoms with van der Waals surface area (Å²) in [4.78, 5) is 160. The van der Waals surface area contributed by atoms with Gasteiger partial charge >= 0.3 is 11.9 Å². The van der Waals surface area contributed by atoms with Crippen molar-refractivity contribution in [1.82, 2.24) is 52.8 Å². The van der Waals surface area contributed by atoms with Crippen molar-refractivity contribution in [2.24, 2.45) is 35.1 Å². The van der Waals surface area contributed by atoms with Crippen molar-refractivity contribution < 1.29 is 72.9 Å². The van der Waals surface area contributed by atoms with Gasteiger partial charge in [-0.05, 0) is 55.1 Å². The molecule has 27 nitrogen and oxygen atoms in total. The molecule has 2 aromatic rings. The number of aromatic nitrogens is 1. The average molecular weight is 1070 g/mol. The van der Waals surface area contributed by atoms with Gasteiger partial charge in [-0.15, -0.1) is 0 Å². The van der Waals surface area contributed by atoms with E-state index in [1.54, 1.807) is 85.9 Å². The number of carbonyl (C=O) groups excluding carboxylic acids is 10. The molecule has 1 heterocycles. The van der Waals surface area contributed by atoms with Gasteiger partial charge in [-0.1, -0.05) is 73.6 Å². The number of carbonyl (C=O) groups is 12. The molecule has 1 aromatic heterocycles. The van der Waals surface area contributed by atoms with E-state index in [1.165, 1.54) is 6.92 Å². The quantitative estimate of drug-likeness (QED) is 0.0345. The summed E-state index contributed by atoms with van der Waals surface area (Å²) in [6, 6.07) is -6.06. The highest BCUT2D eigenvalue weighted by Crippen LogP contribution is 2.20. The number of fused-ring (bicyclic) bond motifs is 1.